The Morgan fingerprint density at radius 1 is 1.43 bits per heavy atom. The van der Waals surface area contributed by atoms with Crippen molar-refractivity contribution in [2.75, 3.05) is 7.11 Å². The Morgan fingerprint density at radius 3 is 3.00 bits per heavy atom. The van der Waals surface area contributed by atoms with Gasteiger partial charge in [0.25, 0.3) is 0 Å². The van der Waals surface area contributed by atoms with E-state index in [0.29, 0.717) is 17.1 Å². The van der Waals surface area contributed by atoms with Crippen molar-refractivity contribution in [1.29, 1.82) is 0 Å². The lowest BCUT2D eigenvalue weighted by Crippen LogP contribution is -2.03. The molecule has 0 saturated carbocycles. The topological polar surface area (TPSA) is 70.2 Å². The number of carbonyl (C=O) groups excluding carboxylic acids is 1. The first kappa shape index (κ1) is 15.8. The first-order chi connectivity index (χ1) is 11.2. The second kappa shape index (κ2) is 7.01. The van der Waals surface area contributed by atoms with Crippen LogP contribution in [0.25, 0.3) is 10.7 Å². The van der Waals surface area contributed by atoms with Gasteiger partial charge in [0.15, 0.2) is 11.0 Å². The molecule has 0 radical (unpaired) electrons. The maximum Gasteiger partial charge on any atom is 0.341 e. The van der Waals surface area contributed by atoms with Gasteiger partial charge >= 0.3 is 5.97 Å². The molecule has 0 fully saturated rings. The monoisotopic (exact) mass is 349 g/mol. The van der Waals surface area contributed by atoms with Crippen molar-refractivity contribution < 1.29 is 13.9 Å². The van der Waals surface area contributed by atoms with Gasteiger partial charge in [-0.3, -0.25) is 0 Å². The van der Waals surface area contributed by atoms with Crippen molar-refractivity contribution in [3.63, 3.8) is 0 Å². The van der Waals surface area contributed by atoms with Gasteiger partial charge in [0, 0.05) is 6.54 Å². The van der Waals surface area contributed by atoms with Crippen LogP contribution in [-0.4, -0.2) is 27.8 Å². The lowest BCUT2D eigenvalue weighted by molar-refractivity contribution is 0.0598. The third-order valence-electron chi connectivity index (χ3n) is 3.26. The van der Waals surface area contributed by atoms with E-state index >= 15 is 0 Å². The van der Waals surface area contributed by atoms with E-state index < -0.39 is 5.97 Å². The molecule has 0 atom stereocenters. The normalized spacial score (nSPS) is 10.9. The maximum atomic E-state index is 11.7. The summed E-state index contributed by atoms with van der Waals surface area (Å²) in [5.74, 6) is 1.52. The van der Waals surface area contributed by atoms with E-state index in [0.717, 1.165) is 22.4 Å². The highest BCUT2D eigenvalue weighted by atomic mass is 32.2. The fraction of sp³-hybridized carbons (Fsp3) is 0.267. The number of hydrogen-bond acceptors (Lipinski definition) is 7. The van der Waals surface area contributed by atoms with Crippen LogP contribution in [0.15, 0.2) is 39.4 Å². The predicted molar refractivity (Wildman–Crippen MR) is 88.6 cm³/mol. The number of furan rings is 1. The van der Waals surface area contributed by atoms with E-state index in [4.69, 9.17) is 9.15 Å². The number of ether oxygens (including phenoxy) is 1. The molecule has 0 aromatic carbocycles. The van der Waals surface area contributed by atoms with Gasteiger partial charge in [-0.2, -0.15) is 0 Å². The van der Waals surface area contributed by atoms with Crippen LogP contribution < -0.4 is 0 Å². The molecule has 0 N–H and O–H groups in total. The van der Waals surface area contributed by atoms with Gasteiger partial charge in [-0.25, -0.2) is 4.79 Å². The van der Waals surface area contributed by atoms with E-state index in [9.17, 15) is 4.79 Å². The van der Waals surface area contributed by atoms with Crippen LogP contribution in [0.2, 0.25) is 0 Å². The Hall–Kier alpha value is -2.06. The zero-order valence-electron chi connectivity index (χ0n) is 12.7. The average Bonchev–Trinajstić information content (AvgIpc) is 3.30. The number of esters is 1. The highest BCUT2D eigenvalue weighted by Crippen LogP contribution is 2.29. The van der Waals surface area contributed by atoms with E-state index in [2.05, 4.69) is 21.7 Å². The van der Waals surface area contributed by atoms with Gasteiger partial charge in [0.1, 0.15) is 11.3 Å². The Labute approximate surface area is 141 Å². The minimum absolute atomic E-state index is 0.398. The molecule has 0 unspecified atom stereocenters. The summed E-state index contributed by atoms with van der Waals surface area (Å²) in [6, 6.07) is 5.63. The van der Waals surface area contributed by atoms with Crippen LogP contribution in [-0.2, 0) is 17.0 Å². The lowest BCUT2D eigenvalue weighted by Gasteiger charge is -2.06. The summed E-state index contributed by atoms with van der Waals surface area (Å²) in [6.45, 7) is 2.82. The number of methoxy groups -OCH3 is 1. The number of aromatic nitrogens is 3. The zero-order valence-corrected chi connectivity index (χ0v) is 14.3. The Balaban J connectivity index is 1.79. The molecule has 0 spiro atoms. The molecule has 0 aliphatic rings. The van der Waals surface area contributed by atoms with Gasteiger partial charge in [0.2, 0.25) is 0 Å². The summed E-state index contributed by atoms with van der Waals surface area (Å²) >= 11 is 3.11. The molecule has 8 heteroatoms. The van der Waals surface area contributed by atoms with Crippen molar-refractivity contribution in [3.05, 3.63) is 41.2 Å². The summed E-state index contributed by atoms with van der Waals surface area (Å²) in [4.78, 5) is 12.7. The number of rotatable bonds is 6. The molecule has 3 heterocycles. The second-order valence-corrected chi connectivity index (χ2v) is 6.46. The quantitative estimate of drug-likeness (QED) is 0.499. The third-order valence-corrected chi connectivity index (χ3v) is 5.09. The van der Waals surface area contributed by atoms with E-state index in [1.807, 2.05) is 17.5 Å². The molecular weight excluding hydrogens is 334 g/mol. The summed E-state index contributed by atoms with van der Waals surface area (Å²) in [7, 11) is 1.35. The summed E-state index contributed by atoms with van der Waals surface area (Å²) < 4.78 is 12.2. The molecule has 0 bridgehead atoms. The van der Waals surface area contributed by atoms with Gasteiger partial charge in [0.05, 0.1) is 24.0 Å². The molecule has 0 amide bonds. The van der Waals surface area contributed by atoms with Crippen molar-refractivity contribution in [2.24, 2.45) is 0 Å². The van der Waals surface area contributed by atoms with Crippen LogP contribution in [0.4, 0.5) is 0 Å². The maximum absolute atomic E-state index is 11.7. The smallest absolute Gasteiger partial charge is 0.341 e. The fourth-order valence-electron chi connectivity index (χ4n) is 2.14. The Bertz CT molecular complexity index is 793. The van der Waals surface area contributed by atoms with E-state index in [1.54, 1.807) is 17.4 Å². The van der Waals surface area contributed by atoms with Gasteiger partial charge in [-0.15, -0.1) is 21.5 Å². The molecule has 120 valence electrons. The van der Waals surface area contributed by atoms with Crippen LogP contribution in [0.1, 0.15) is 23.0 Å². The van der Waals surface area contributed by atoms with Gasteiger partial charge in [-0.1, -0.05) is 17.8 Å². The summed E-state index contributed by atoms with van der Waals surface area (Å²) in [5, 5.41) is 11.4. The summed E-state index contributed by atoms with van der Waals surface area (Å²) in [6.07, 6.45) is 1.49. The first-order valence-electron chi connectivity index (χ1n) is 6.99. The van der Waals surface area contributed by atoms with Crippen molar-refractivity contribution in [2.45, 2.75) is 24.4 Å². The van der Waals surface area contributed by atoms with Gasteiger partial charge in [-0.05, 0) is 24.4 Å². The van der Waals surface area contributed by atoms with Crippen LogP contribution >= 0.6 is 23.1 Å². The lowest BCUT2D eigenvalue weighted by atomic mass is 10.3. The molecule has 0 saturated heterocycles. The van der Waals surface area contributed by atoms with Crippen LogP contribution in [0.5, 0.6) is 0 Å². The molecule has 3 aromatic heterocycles. The summed E-state index contributed by atoms with van der Waals surface area (Å²) in [5.41, 5.74) is 0.445. The molecule has 6 nitrogen and oxygen atoms in total. The molecule has 0 aliphatic heterocycles. The number of hydrogen-bond donors (Lipinski definition) is 0. The van der Waals surface area contributed by atoms with E-state index in [-0.39, 0.29) is 0 Å². The Morgan fingerprint density at radius 2 is 2.30 bits per heavy atom. The van der Waals surface area contributed by atoms with Crippen molar-refractivity contribution >= 4 is 29.1 Å². The van der Waals surface area contributed by atoms with Gasteiger partial charge < -0.3 is 13.7 Å². The second-order valence-electron chi connectivity index (χ2n) is 4.57. The molecule has 0 aliphatic carbocycles. The van der Waals surface area contributed by atoms with Crippen molar-refractivity contribution in [1.82, 2.24) is 14.8 Å². The minimum Gasteiger partial charge on any atom is -0.468 e. The Kier molecular flexibility index (Phi) is 4.82. The SMILES string of the molecule is CCn1c(SCc2occc2C(=O)OC)nnc1-c1cccs1. The number of thioether (sulfide) groups is 1. The minimum atomic E-state index is -0.398. The number of thiophene rings is 1. The number of carbonyl (C=O) groups is 1. The molecule has 3 aromatic rings. The highest BCUT2D eigenvalue weighted by molar-refractivity contribution is 7.98. The third kappa shape index (κ3) is 3.18. The van der Waals surface area contributed by atoms with Crippen molar-refractivity contribution in [3.8, 4) is 10.7 Å². The fourth-order valence-corrected chi connectivity index (χ4v) is 3.81. The first-order valence-corrected chi connectivity index (χ1v) is 8.85. The highest BCUT2D eigenvalue weighted by Gasteiger charge is 2.18. The average molecular weight is 349 g/mol. The number of nitrogens with zero attached hydrogens (tertiary/aromatic N) is 3. The molecule has 23 heavy (non-hydrogen) atoms. The van der Waals surface area contributed by atoms with Crippen LogP contribution in [0, 0.1) is 0 Å². The molecular formula is C15H15N3O3S2. The van der Waals surface area contributed by atoms with Crippen LogP contribution in [0.3, 0.4) is 0 Å². The predicted octanol–water partition coefficient (Wildman–Crippen LogP) is 3.70. The zero-order chi connectivity index (χ0) is 16.2. The van der Waals surface area contributed by atoms with E-state index in [1.165, 1.54) is 25.1 Å². The largest absolute Gasteiger partial charge is 0.468 e. The molecule has 3 rings (SSSR count). The standard InChI is InChI=1S/C15H15N3O3S2/c1-3-18-13(12-5-4-8-22-12)16-17-15(18)23-9-11-10(6-7-21-11)14(19)20-2/h4-8H,3,9H2,1-2H3.